The fraction of sp³-hybridized carbons (Fsp3) is 0. The lowest BCUT2D eigenvalue weighted by Crippen LogP contribution is -2.97. The van der Waals surface area contributed by atoms with E-state index in [-0.39, 0.29) is 5.17 Å². The molecule has 38 valence electrons. The van der Waals surface area contributed by atoms with Crippen molar-refractivity contribution in [3.63, 3.8) is 0 Å². The lowest BCUT2D eigenvalue weighted by molar-refractivity contribution is -0.807. The van der Waals surface area contributed by atoms with Crippen LogP contribution >= 0.6 is 0 Å². The van der Waals surface area contributed by atoms with Crippen LogP contribution in [0.25, 0.3) is 0 Å². The Morgan fingerprint density at radius 3 is 2.86 bits per heavy atom. The first-order valence-electron chi connectivity index (χ1n) is 1.76. The van der Waals surface area contributed by atoms with E-state index < -0.39 is 0 Å². The minimum atomic E-state index is -0.321. The summed E-state index contributed by atoms with van der Waals surface area (Å²) in [6, 6.07) is 0. The van der Waals surface area contributed by atoms with Crippen LogP contribution in [0.2, 0.25) is 0 Å². The van der Waals surface area contributed by atoms with Gasteiger partial charge < -0.3 is 5.21 Å². The fourth-order valence-corrected chi connectivity index (χ4v) is 0.253. The van der Waals surface area contributed by atoms with Crippen LogP contribution in [0, 0.1) is 5.21 Å². The topological polar surface area (TPSA) is 64.2 Å². The molecule has 1 heterocycles. The monoisotopic (exact) mass is 100 g/mol. The number of quaternary nitrogens is 1. The van der Waals surface area contributed by atoms with E-state index in [9.17, 15) is 5.21 Å². The van der Waals surface area contributed by atoms with E-state index in [4.69, 9.17) is 0 Å². The summed E-state index contributed by atoms with van der Waals surface area (Å²) >= 11 is 0. The maximum atomic E-state index is 10.1. The minimum Gasteiger partial charge on any atom is -0.600 e. The predicted molar refractivity (Wildman–Crippen MR) is 21.5 cm³/mol. The first kappa shape index (κ1) is 4.23. The Morgan fingerprint density at radius 2 is 2.57 bits per heavy atom. The molecule has 0 aliphatic carbocycles. The van der Waals surface area contributed by atoms with Gasteiger partial charge in [-0.15, -0.1) is 0 Å². The van der Waals surface area contributed by atoms with Gasteiger partial charge in [-0.2, -0.15) is 5.17 Å². The zero-order chi connectivity index (χ0) is 5.11. The number of nitrogens with one attached hydrogen (secondary N) is 2. The Bertz CT molecular complexity index is 96.3. The van der Waals surface area contributed by atoms with Gasteiger partial charge in [-0.05, 0) is 5.22 Å². The number of hydroxylamine groups is 1. The molecule has 5 nitrogen and oxygen atoms in total. The summed E-state index contributed by atoms with van der Waals surface area (Å²) in [6.07, 6.45) is 2.72. The second kappa shape index (κ2) is 1.67. The highest BCUT2D eigenvalue weighted by Gasteiger charge is 1.87. The quantitative estimate of drug-likeness (QED) is 0.372. The van der Waals surface area contributed by atoms with Gasteiger partial charge in [-0.25, -0.2) is 0 Å². The number of hydrogen-bond acceptors (Lipinski definition) is 4. The molecular weight excluding hydrogens is 96.0 g/mol. The Hall–Kier alpha value is -0.940. The lowest BCUT2D eigenvalue weighted by atomic mass is 10.9. The van der Waals surface area contributed by atoms with Gasteiger partial charge in [0, 0.05) is 0 Å². The lowest BCUT2D eigenvalue weighted by Gasteiger charge is -2.07. The summed E-state index contributed by atoms with van der Waals surface area (Å²) in [5.74, 6) is 0. The average molecular weight is 100 g/mol. The molecule has 0 bridgehead atoms. The van der Waals surface area contributed by atoms with Crippen molar-refractivity contribution in [1.82, 2.24) is 5.43 Å². The standard InChI is InChI=1S/C2H4N4O/c7-6-2-1-3-4-5-6/h1-2,6H,(H,3,5). The molecule has 7 heavy (non-hydrogen) atoms. The molecule has 0 radical (unpaired) electrons. The number of hydrogen-bond donors (Lipinski definition) is 2. The fourth-order valence-electron chi connectivity index (χ4n) is 0.253. The van der Waals surface area contributed by atoms with E-state index >= 15 is 0 Å². The number of nitrogens with zero attached hydrogens (tertiary/aromatic N) is 2. The van der Waals surface area contributed by atoms with Crippen LogP contribution in [-0.4, -0.2) is 0 Å². The van der Waals surface area contributed by atoms with E-state index in [1.165, 1.54) is 12.4 Å². The molecule has 0 saturated heterocycles. The predicted octanol–water partition coefficient (Wildman–Crippen LogP) is -1.27. The van der Waals surface area contributed by atoms with Crippen molar-refractivity contribution in [1.29, 1.82) is 0 Å². The van der Waals surface area contributed by atoms with Crippen molar-refractivity contribution in [3.05, 3.63) is 17.6 Å². The Labute approximate surface area is 39.9 Å². The summed E-state index contributed by atoms with van der Waals surface area (Å²) in [7, 11) is 0. The summed E-state index contributed by atoms with van der Waals surface area (Å²) in [5, 5.41) is 16.1. The largest absolute Gasteiger partial charge is 0.600 e. The van der Waals surface area contributed by atoms with Gasteiger partial charge in [0.15, 0.2) is 0 Å². The Kier molecular flexibility index (Phi) is 1.01. The third-order valence-electron chi connectivity index (χ3n) is 0.507. The van der Waals surface area contributed by atoms with Crippen molar-refractivity contribution >= 4 is 0 Å². The molecule has 1 aliphatic heterocycles. The van der Waals surface area contributed by atoms with Crippen molar-refractivity contribution in [2.24, 2.45) is 10.4 Å². The average Bonchev–Trinajstić information content (AvgIpc) is 1.69. The molecular formula is C2H4N4O. The molecule has 0 fully saturated rings. The zero-order valence-electron chi connectivity index (χ0n) is 3.46. The Morgan fingerprint density at radius 1 is 1.71 bits per heavy atom. The van der Waals surface area contributed by atoms with Gasteiger partial charge in [-0.3, -0.25) is 5.43 Å². The molecule has 0 spiro atoms. The van der Waals surface area contributed by atoms with Gasteiger partial charge in [0.05, 0.1) is 11.4 Å². The highest BCUT2D eigenvalue weighted by molar-refractivity contribution is 4.66. The van der Waals surface area contributed by atoms with Gasteiger partial charge >= 0.3 is 0 Å². The third-order valence-corrected chi connectivity index (χ3v) is 0.507. The van der Waals surface area contributed by atoms with Gasteiger partial charge in [-0.1, -0.05) is 0 Å². The van der Waals surface area contributed by atoms with Crippen LogP contribution < -0.4 is 10.6 Å². The molecule has 0 aromatic rings. The van der Waals surface area contributed by atoms with E-state index in [0.29, 0.717) is 0 Å². The summed E-state index contributed by atoms with van der Waals surface area (Å²) < 4.78 is 0. The molecule has 5 heteroatoms. The van der Waals surface area contributed by atoms with Crippen LogP contribution in [0.3, 0.4) is 0 Å². The highest BCUT2D eigenvalue weighted by atomic mass is 16.5. The first-order valence-corrected chi connectivity index (χ1v) is 1.76. The maximum absolute atomic E-state index is 10.1. The molecule has 1 unspecified atom stereocenters. The molecule has 0 saturated carbocycles. The zero-order valence-corrected chi connectivity index (χ0v) is 3.46. The molecule has 0 amide bonds. The van der Waals surface area contributed by atoms with E-state index in [2.05, 4.69) is 15.9 Å². The second-order valence-electron chi connectivity index (χ2n) is 1.00. The van der Waals surface area contributed by atoms with Gasteiger partial charge in [0.1, 0.15) is 6.20 Å². The third kappa shape index (κ3) is 0.951. The van der Waals surface area contributed by atoms with E-state index in [0.717, 1.165) is 0 Å². The van der Waals surface area contributed by atoms with Crippen LogP contribution in [0.5, 0.6) is 0 Å². The van der Waals surface area contributed by atoms with Crippen LogP contribution in [-0.2, 0) is 0 Å². The normalized spacial score (nSPS) is 27.3. The smallest absolute Gasteiger partial charge is 0.140 e. The van der Waals surface area contributed by atoms with Crippen molar-refractivity contribution in [2.75, 3.05) is 0 Å². The van der Waals surface area contributed by atoms with E-state index in [1.807, 2.05) is 0 Å². The first-order chi connectivity index (χ1) is 3.39. The molecule has 0 aromatic heterocycles. The summed E-state index contributed by atoms with van der Waals surface area (Å²) in [4.78, 5) is 0. The SMILES string of the molecule is [O-][NH+]1C=CNN=N1. The van der Waals surface area contributed by atoms with Crippen molar-refractivity contribution in [3.8, 4) is 0 Å². The van der Waals surface area contributed by atoms with Gasteiger partial charge in [0.2, 0.25) is 0 Å². The van der Waals surface area contributed by atoms with Crippen LogP contribution in [0.15, 0.2) is 22.8 Å². The highest BCUT2D eigenvalue weighted by Crippen LogP contribution is 1.65. The minimum absolute atomic E-state index is 0.321. The van der Waals surface area contributed by atoms with E-state index in [1.54, 1.807) is 0 Å². The molecule has 1 aliphatic rings. The molecule has 2 N–H and O–H groups in total. The van der Waals surface area contributed by atoms with Crippen LogP contribution in [0.4, 0.5) is 0 Å². The molecule has 1 rings (SSSR count). The molecule has 1 atom stereocenters. The summed E-state index contributed by atoms with van der Waals surface area (Å²) in [5.41, 5.74) is 2.37. The Balaban J connectivity index is 2.49. The molecule has 0 aromatic carbocycles. The van der Waals surface area contributed by atoms with Crippen LogP contribution in [0.1, 0.15) is 0 Å². The van der Waals surface area contributed by atoms with Gasteiger partial charge in [0.25, 0.3) is 0 Å². The maximum Gasteiger partial charge on any atom is 0.140 e. The van der Waals surface area contributed by atoms with Crippen molar-refractivity contribution < 1.29 is 5.17 Å². The number of rotatable bonds is 0. The summed E-state index contributed by atoms with van der Waals surface area (Å²) in [6.45, 7) is 0. The van der Waals surface area contributed by atoms with Crippen molar-refractivity contribution in [2.45, 2.75) is 0 Å². The second-order valence-corrected chi connectivity index (χ2v) is 1.00.